The molecule has 0 bridgehead atoms. The van der Waals surface area contributed by atoms with E-state index >= 15 is 0 Å². The van der Waals surface area contributed by atoms with Crippen molar-refractivity contribution >= 4 is 5.97 Å². The van der Waals surface area contributed by atoms with Gasteiger partial charge in [0.1, 0.15) is 11.8 Å². The maximum atomic E-state index is 10.9. The summed E-state index contributed by atoms with van der Waals surface area (Å²) in [4.78, 5) is 10.9. The summed E-state index contributed by atoms with van der Waals surface area (Å²) in [6.45, 7) is 3.70. The molecule has 0 aromatic heterocycles. The third-order valence-electron chi connectivity index (χ3n) is 2.63. The van der Waals surface area contributed by atoms with Crippen molar-refractivity contribution < 1.29 is 15.0 Å². The lowest BCUT2D eigenvalue weighted by atomic mass is 9.96. The second-order valence-corrected chi connectivity index (χ2v) is 3.86. The van der Waals surface area contributed by atoms with Crippen molar-refractivity contribution in [3.8, 4) is 5.75 Å². The van der Waals surface area contributed by atoms with Gasteiger partial charge in [-0.05, 0) is 49.1 Å². The van der Waals surface area contributed by atoms with Crippen LogP contribution >= 0.6 is 0 Å². The third-order valence-corrected chi connectivity index (χ3v) is 2.63. The van der Waals surface area contributed by atoms with Crippen LogP contribution in [0.2, 0.25) is 0 Å². The second-order valence-electron chi connectivity index (χ2n) is 3.86. The first-order valence-corrected chi connectivity index (χ1v) is 5.00. The van der Waals surface area contributed by atoms with Crippen molar-refractivity contribution in [1.29, 1.82) is 0 Å². The largest absolute Gasteiger partial charge is 0.508 e. The number of aryl methyl sites for hydroxylation is 2. The molecule has 0 unspecified atom stereocenters. The minimum atomic E-state index is -0.929. The number of carbonyl (C=O) groups is 1. The van der Waals surface area contributed by atoms with Crippen LogP contribution in [0.4, 0.5) is 0 Å². The molecule has 16 heavy (non-hydrogen) atoms. The van der Waals surface area contributed by atoms with Crippen LogP contribution in [0.1, 0.15) is 16.7 Å². The van der Waals surface area contributed by atoms with Gasteiger partial charge in [0.25, 0.3) is 0 Å². The summed E-state index contributed by atoms with van der Waals surface area (Å²) in [5.41, 5.74) is 2.71. The van der Waals surface area contributed by atoms with Crippen LogP contribution < -0.4 is 5.32 Å². The predicted molar refractivity (Wildman–Crippen MR) is 61.2 cm³/mol. The van der Waals surface area contributed by atoms with Crippen LogP contribution in [-0.4, -0.2) is 22.2 Å². The fraction of sp³-hybridized carbons (Fsp3) is 0.333. The monoisotopic (exact) mass is 222 g/mol. The van der Waals surface area contributed by atoms with Crippen molar-refractivity contribution in [3.63, 3.8) is 0 Å². The zero-order valence-corrected chi connectivity index (χ0v) is 9.45. The summed E-state index contributed by atoms with van der Waals surface area (Å²) < 4.78 is 0. The lowest BCUT2D eigenvalue weighted by Crippen LogP contribution is -2.34. The van der Waals surface area contributed by atoms with E-state index in [0.717, 1.165) is 16.7 Å². The van der Waals surface area contributed by atoms with Crippen LogP contribution in [0.5, 0.6) is 5.75 Å². The van der Waals surface area contributed by atoms with Crippen molar-refractivity contribution in [2.24, 2.45) is 0 Å². The summed E-state index contributed by atoms with van der Waals surface area (Å²) in [5, 5.41) is 20.8. The van der Waals surface area contributed by atoms with E-state index in [4.69, 9.17) is 5.11 Å². The zero-order valence-electron chi connectivity index (χ0n) is 9.45. The quantitative estimate of drug-likeness (QED) is 0.720. The topological polar surface area (TPSA) is 69.6 Å². The number of hydrogen-bond donors (Lipinski definition) is 3. The van der Waals surface area contributed by atoms with E-state index in [1.54, 1.807) is 12.1 Å². The smallest absolute Gasteiger partial charge is 0.321 e. The molecule has 3 N–H and O–H groups in total. The van der Waals surface area contributed by atoms with Gasteiger partial charge >= 0.3 is 5.97 Å². The van der Waals surface area contributed by atoms with E-state index in [2.05, 4.69) is 12.4 Å². The Kier molecular flexibility index (Phi) is 3.90. The van der Waals surface area contributed by atoms with E-state index in [-0.39, 0.29) is 5.75 Å². The van der Waals surface area contributed by atoms with E-state index in [0.29, 0.717) is 6.42 Å². The first kappa shape index (κ1) is 12.5. The molecule has 0 heterocycles. The van der Waals surface area contributed by atoms with Crippen molar-refractivity contribution in [2.45, 2.75) is 26.3 Å². The Morgan fingerprint density at radius 3 is 2.31 bits per heavy atom. The van der Waals surface area contributed by atoms with Crippen molar-refractivity contribution in [1.82, 2.24) is 5.32 Å². The molecule has 0 aliphatic heterocycles. The van der Waals surface area contributed by atoms with Crippen LogP contribution in [0.15, 0.2) is 12.1 Å². The lowest BCUT2D eigenvalue weighted by molar-refractivity contribution is -0.139. The van der Waals surface area contributed by atoms with Crippen molar-refractivity contribution in [2.75, 3.05) is 0 Å². The van der Waals surface area contributed by atoms with Gasteiger partial charge in [0.2, 0.25) is 0 Å². The summed E-state index contributed by atoms with van der Waals surface area (Å²) in [7, 11) is 3.40. The molecule has 0 spiro atoms. The summed E-state index contributed by atoms with van der Waals surface area (Å²) in [5.74, 6) is -0.727. The minimum Gasteiger partial charge on any atom is -0.508 e. The average Bonchev–Trinajstić information content (AvgIpc) is 2.15. The Bertz CT molecular complexity index is 378. The number of nitrogens with one attached hydrogen (secondary N) is 1. The molecule has 1 radical (unpaired) electrons. The summed E-state index contributed by atoms with van der Waals surface area (Å²) >= 11 is 0. The van der Waals surface area contributed by atoms with E-state index in [1.807, 2.05) is 13.8 Å². The highest BCUT2D eigenvalue weighted by Crippen LogP contribution is 2.22. The van der Waals surface area contributed by atoms with Gasteiger partial charge in [0, 0.05) is 7.05 Å². The Balaban J connectivity index is 3.01. The Morgan fingerprint density at radius 2 is 1.94 bits per heavy atom. The van der Waals surface area contributed by atoms with Gasteiger partial charge in [-0.3, -0.25) is 4.79 Å². The van der Waals surface area contributed by atoms with E-state index < -0.39 is 12.0 Å². The van der Waals surface area contributed by atoms with Gasteiger partial charge in [-0.25, -0.2) is 0 Å². The van der Waals surface area contributed by atoms with Gasteiger partial charge in [0.15, 0.2) is 0 Å². The molecule has 1 aromatic rings. The normalized spacial score (nSPS) is 12.4. The standard InChI is InChI=1S/C12H16NO3/c1-7-4-9(14)5-8(2)10(7)6-11(13-3)12(15)16/h4-5,11,13-14H,3,6H2,1-2H3,(H,15,16)/t11-/m0/s1. The molecule has 4 heteroatoms. The van der Waals surface area contributed by atoms with Crippen LogP contribution in [0.25, 0.3) is 0 Å². The molecule has 87 valence electrons. The molecule has 0 saturated carbocycles. The molecule has 0 amide bonds. The second kappa shape index (κ2) is 4.99. The number of aliphatic carboxylic acids is 1. The first-order valence-electron chi connectivity index (χ1n) is 5.00. The third kappa shape index (κ3) is 2.73. The molecule has 0 saturated heterocycles. The van der Waals surface area contributed by atoms with Gasteiger partial charge in [0.05, 0.1) is 0 Å². The molecule has 1 aromatic carbocycles. The number of carboxylic acid groups (broad SMARTS) is 1. The maximum absolute atomic E-state index is 10.9. The minimum absolute atomic E-state index is 0.202. The van der Waals surface area contributed by atoms with E-state index in [1.165, 1.54) is 0 Å². The molecular weight excluding hydrogens is 206 g/mol. The molecule has 0 aliphatic rings. The lowest BCUT2D eigenvalue weighted by Gasteiger charge is -2.15. The van der Waals surface area contributed by atoms with Gasteiger partial charge in [-0.1, -0.05) is 0 Å². The molecule has 0 aliphatic carbocycles. The van der Waals surface area contributed by atoms with Gasteiger partial charge < -0.3 is 15.5 Å². The van der Waals surface area contributed by atoms with Crippen LogP contribution in [0.3, 0.4) is 0 Å². The number of carboxylic acids is 1. The first-order chi connectivity index (χ1) is 7.45. The molecule has 0 fully saturated rings. The average molecular weight is 222 g/mol. The van der Waals surface area contributed by atoms with Crippen molar-refractivity contribution in [3.05, 3.63) is 35.9 Å². The number of phenolic OH excluding ortho intramolecular Hbond substituents is 1. The SMILES string of the molecule is [CH2]N[C@@H](Cc1c(C)cc(O)cc1C)C(=O)O. The number of hydrogen-bond acceptors (Lipinski definition) is 3. The van der Waals surface area contributed by atoms with Gasteiger partial charge in [-0.15, -0.1) is 0 Å². The Labute approximate surface area is 94.9 Å². The van der Waals surface area contributed by atoms with Crippen LogP contribution in [0, 0.1) is 20.9 Å². The highest BCUT2D eigenvalue weighted by molar-refractivity contribution is 5.74. The number of benzene rings is 1. The van der Waals surface area contributed by atoms with Crippen LogP contribution in [-0.2, 0) is 11.2 Å². The number of phenols is 1. The highest BCUT2D eigenvalue weighted by atomic mass is 16.4. The molecule has 1 atom stereocenters. The summed E-state index contributed by atoms with van der Waals surface area (Å²) in [6.07, 6.45) is 0.358. The fourth-order valence-corrected chi connectivity index (χ4v) is 1.74. The fourth-order valence-electron chi connectivity index (χ4n) is 1.74. The van der Waals surface area contributed by atoms with Gasteiger partial charge in [-0.2, -0.15) is 0 Å². The highest BCUT2D eigenvalue weighted by Gasteiger charge is 2.17. The van der Waals surface area contributed by atoms with E-state index in [9.17, 15) is 9.90 Å². The Hall–Kier alpha value is -1.55. The maximum Gasteiger partial charge on any atom is 0.321 e. The number of aromatic hydroxyl groups is 1. The molecular formula is C12H16NO3. The molecule has 4 nitrogen and oxygen atoms in total. The number of rotatable bonds is 4. The predicted octanol–water partition coefficient (Wildman–Crippen LogP) is 1.39. The Morgan fingerprint density at radius 1 is 1.44 bits per heavy atom. The summed E-state index contributed by atoms with van der Waals surface area (Å²) in [6, 6.07) is 2.55. The zero-order chi connectivity index (χ0) is 12.3. The molecule has 1 rings (SSSR count).